The first kappa shape index (κ1) is 13.3. The lowest BCUT2D eigenvalue weighted by Crippen LogP contribution is -2.03. The summed E-state index contributed by atoms with van der Waals surface area (Å²) >= 11 is 1.07. The third kappa shape index (κ3) is 3.44. The fourth-order valence-electron chi connectivity index (χ4n) is 1.41. The Bertz CT molecular complexity index is 555. The van der Waals surface area contributed by atoms with Crippen molar-refractivity contribution >= 4 is 17.7 Å². The lowest BCUT2D eigenvalue weighted by molar-refractivity contribution is -0.133. The molecule has 1 heterocycles. The van der Waals surface area contributed by atoms with Crippen molar-refractivity contribution < 1.29 is 14.6 Å². The van der Waals surface area contributed by atoms with Crippen LogP contribution in [-0.2, 0) is 4.79 Å². The third-order valence-electron chi connectivity index (χ3n) is 2.16. The molecule has 0 radical (unpaired) electrons. The van der Waals surface area contributed by atoms with Crippen molar-refractivity contribution in [3.8, 4) is 11.4 Å². The van der Waals surface area contributed by atoms with E-state index in [4.69, 9.17) is 9.84 Å². The lowest BCUT2D eigenvalue weighted by Gasteiger charge is -2.05. The van der Waals surface area contributed by atoms with Gasteiger partial charge in [0.15, 0.2) is 0 Å². The molecule has 7 nitrogen and oxygen atoms in total. The number of carboxylic acids is 1. The zero-order valence-electron chi connectivity index (χ0n) is 10.2. The molecule has 0 aliphatic rings. The van der Waals surface area contributed by atoms with E-state index in [0.29, 0.717) is 11.8 Å². The van der Waals surface area contributed by atoms with Crippen molar-refractivity contribution in [1.82, 2.24) is 20.2 Å². The molecule has 8 heteroatoms. The molecule has 19 heavy (non-hydrogen) atoms. The second-order valence-electron chi connectivity index (χ2n) is 3.48. The summed E-state index contributed by atoms with van der Waals surface area (Å²) in [7, 11) is 0. The quantitative estimate of drug-likeness (QED) is 0.796. The van der Waals surface area contributed by atoms with Gasteiger partial charge in [0.25, 0.3) is 0 Å². The van der Waals surface area contributed by atoms with E-state index in [1.165, 1.54) is 4.68 Å². The van der Waals surface area contributed by atoms with Crippen LogP contribution in [0, 0.1) is 0 Å². The van der Waals surface area contributed by atoms with Crippen LogP contribution in [0.3, 0.4) is 0 Å². The van der Waals surface area contributed by atoms with Gasteiger partial charge in [0, 0.05) is 0 Å². The Balaban J connectivity index is 2.17. The summed E-state index contributed by atoms with van der Waals surface area (Å²) < 4.78 is 6.83. The van der Waals surface area contributed by atoms with E-state index in [-0.39, 0.29) is 5.75 Å². The minimum absolute atomic E-state index is 0.0859. The molecule has 0 bridgehead atoms. The first-order chi connectivity index (χ1) is 9.20. The molecule has 0 atom stereocenters. The zero-order chi connectivity index (χ0) is 13.7. The van der Waals surface area contributed by atoms with Crippen LogP contribution in [0.5, 0.6) is 5.75 Å². The molecule has 1 N–H and O–H groups in total. The molecule has 1 aromatic heterocycles. The topological polar surface area (TPSA) is 90.1 Å². The van der Waals surface area contributed by atoms with Crippen LogP contribution in [0.1, 0.15) is 6.92 Å². The largest absolute Gasteiger partial charge is 0.494 e. The molecule has 0 aliphatic carbocycles. The van der Waals surface area contributed by atoms with Crippen LogP contribution in [-0.4, -0.2) is 43.6 Å². The number of tetrazole rings is 1. The Morgan fingerprint density at radius 2 is 2.16 bits per heavy atom. The van der Waals surface area contributed by atoms with Crippen molar-refractivity contribution in [2.75, 3.05) is 12.4 Å². The number of rotatable bonds is 6. The van der Waals surface area contributed by atoms with E-state index < -0.39 is 5.97 Å². The third-order valence-corrected chi connectivity index (χ3v) is 3.06. The standard InChI is InChI=1S/C11H12N4O3S/c1-2-18-9-5-3-8(4-6-9)15-11(12-13-14-15)19-7-10(16)17/h3-6H,2,7H2,1H3,(H,16,17). The fraction of sp³-hybridized carbons (Fsp3) is 0.273. The fourth-order valence-corrected chi connectivity index (χ4v) is 2.02. The van der Waals surface area contributed by atoms with Gasteiger partial charge < -0.3 is 9.84 Å². The number of ether oxygens (including phenoxy) is 1. The summed E-state index contributed by atoms with van der Waals surface area (Å²) in [5.74, 6) is -0.234. The molecular weight excluding hydrogens is 268 g/mol. The summed E-state index contributed by atoms with van der Waals surface area (Å²) in [6, 6.07) is 7.25. The van der Waals surface area contributed by atoms with Gasteiger partial charge in [0.2, 0.25) is 5.16 Å². The predicted octanol–water partition coefficient (Wildman–Crippen LogP) is 1.24. The second kappa shape index (κ2) is 6.19. The van der Waals surface area contributed by atoms with E-state index in [1.807, 2.05) is 31.2 Å². The Hall–Kier alpha value is -2.09. The van der Waals surface area contributed by atoms with Crippen molar-refractivity contribution in [2.24, 2.45) is 0 Å². The molecule has 2 rings (SSSR count). The number of hydrogen-bond acceptors (Lipinski definition) is 6. The molecule has 100 valence electrons. The van der Waals surface area contributed by atoms with E-state index in [1.54, 1.807) is 0 Å². The van der Waals surface area contributed by atoms with Gasteiger partial charge in [-0.05, 0) is 41.6 Å². The SMILES string of the molecule is CCOc1ccc(-n2nnnc2SCC(=O)O)cc1. The van der Waals surface area contributed by atoms with Crippen LogP contribution in [0.4, 0.5) is 0 Å². The number of aromatic nitrogens is 4. The maximum atomic E-state index is 10.5. The van der Waals surface area contributed by atoms with Crippen LogP contribution in [0.2, 0.25) is 0 Å². The van der Waals surface area contributed by atoms with Crippen LogP contribution in [0.25, 0.3) is 5.69 Å². The van der Waals surface area contributed by atoms with Gasteiger partial charge in [-0.2, -0.15) is 4.68 Å². The van der Waals surface area contributed by atoms with Gasteiger partial charge >= 0.3 is 5.97 Å². The molecule has 0 aliphatic heterocycles. The highest BCUT2D eigenvalue weighted by Crippen LogP contribution is 2.20. The van der Waals surface area contributed by atoms with Crippen molar-refractivity contribution in [2.45, 2.75) is 12.1 Å². The smallest absolute Gasteiger partial charge is 0.313 e. The summed E-state index contributed by atoms with van der Waals surface area (Å²) in [5, 5.41) is 20.3. The molecule has 0 saturated carbocycles. The van der Waals surface area contributed by atoms with E-state index in [9.17, 15) is 4.79 Å². The molecule has 0 spiro atoms. The normalized spacial score (nSPS) is 10.4. The molecule has 0 fully saturated rings. The van der Waals surface area contributed by atoms with E-state index in [2.05, 4.69) is 15.5 Å². The number of hydrogen-bond donors (Lipinski definition) is 1. The highest BCUT2D eigenvalue weighted by Gasteiger charge is 2.10. The van der Waals surface area contributed by atoms with Gasteiger partial charge in [0.05, 0.1) is 18.0 Å². The molecule has 1 aromatic carbocycles. The average molecular weight is 280 g/mol. The summed E-state index contributed by atoms with van der Waals surface area (Å²) in [6.07, 6.45) is 0. The summed E-state index contributed by atoms with van der Waals surface area (Å²) in [6.45, 7) is 2.51. The predicted molar refractivity (Wildman–Crippen MR) is 68.7 cm³/mol. The molecule has 0 unspecified atom stereocenters. The number of thioether (sulfide) groups is 1. The van der Waals surface area contributed by atoms with Gasteiger partial charge in [0.1, 0.15) is 5.75 Å². The van der Waals surface area contributed by atoms with Gasteiger partial charge in [-0.25, -0.2) is 0 Å². The minimum atomic E-state index is -0.911. The van der Waals surface area contributed by atoms with Gasteiger partial charge in [-0.3, -0.25) is 4.79 Å². The van der Waals surface area contributed by atoms with Crippen LogP contribution in [0.15, 0.2) is 29.4 Å². The van der Waals surface area contributed by atoms with Crippen LogP contribution >= 0.6 is 11.8 Å². The van der Waals surface area contributed by atoms with Crippen molar-refractivity contribution in [3.63, 3.8) is 0 Å². The number of aliphatic carboxylic acids is 1. The van der Waals surface area contributed by atoms with E-state index >= 15 is 0 Å². The van der Waals surface area contributed by atoms with Crippen molar-refractivity contribution in [3.05, 3.63) is 24.3 Å². The minimum Gasteiger partial charge on any atom is -0.494 e. The molecular formula is C11H12N4O3S. The number of nitrogens with zero attached hydrogens (tertiary/aromatic N) is 4. The molecule has 0 saturated heterocycles. The zero-order valence-corrected chi connectivity index (χ0v) is 11.0. The highest BCUT2D eigenvalue weighted by atomic mass is 32.2. The molecule has 2 aromatic rings. The van der Waals surface area contributed by atoms with Gasteiger partial charge in [-0.1, -0.05) is 11.8 Å². The van der Waals surface area contributed by atoms with E-state index in [0.717, 1.165) is 23.2 Å². The Morgan fingerprint density at radius 3 is 2.79 bits per heavy atom. The Morgan fingerprint density at radius 1 is 1.42 bits per heavy atom. The maximum absolute atomic E-state index is 10.5. The van der Waals surface area contributed by atoms with Gasteiger partial charge in [-0.15, -0.1) is 5.10 Å². The molecule has 0 amide bonds. The highest BCUT2D eigenvalue weighted by molar-refractivity contribution is 7.99. The lowest BCUT2D eigenvalue weighted by atomic mass is 10.3. The number of benzene rings is 1. The average Bonchev–Trinajstić information content (AvgIpc) is 2.86. The number of carbonyl (C=O) groups is 1. The van der Waals surface area contributed by atoms with Crippen molar-refractivity contribution in [1.29, 1.82) is 0 Å². The summed E-state index contributed by atoms with van der Waals surface area (Å²) in [5.41, 5.74) is 0.751. The Kier molecular flexibility index (Phi) is 4.35. The second-order valence-corrected chi connectivity index (χ2v) is 4.43. The Labute approximate surface area is 113 Å². The monoisotopic (exact) mass is 280 g/mol. The first-order valence-electron chi connectivity index (χ1n) is 5.57. The first-order valence-corrected chi connectivity index (χ1v) is 6.55. The van der Waals surface area contributed by atoms with Crippen LogP contribution < -0.4 is 4.74 Å². The summed E-state index contributed by atoms with van der Waals surface area (Å²) in [4.78, 5) is 10.5. The number of carboxylic acid groups (broad SMARTS) is 1. The maximum Gasteiger partial charge on any atom is 0.313 e.